The van der Waals surface area contributed by atoms with Gasteiger partial charge in [0.25, 0.3) is 0 Å². The average Bonchev–Trinajstić information content (AvgIpc) is 3.19. The van der Waals surface area contributed by atoms with Crippen LogP contribution in [0.15, 0.2) is 77.7 Å². The molecule has 0 aliphatic heterocycles. The third kappa shape index (κ3) is 4.16. The highest BCUT2D eigenvalue weighted by Crippen LogP contribution is 2.35. The molecule has 0 radical (unpaired) electrons. The summed E-state index contributed by atoms with van der Waals surface area (Å²) in [6, 6.07) is 19.3. The first-order chi connectivity index (χ1) is 15.8. The number of rotatable bonds is 4. The summed E-state index contributed by atoms with van der Waals surface area (Å²) in [4.78, 5) is 9.48. The third-order valence-corrected chi connectivity index (χ3v) is 6.19. The van der Waals surface area contributed by atoms with Crippen LogP contribution in [0, 0.1) is 5.92 Å². The molecule has 0 atom stereocenters. The molecule has 0 fully saturated rings. The van der Waals surface area contributed by atoms with Gasteiger partial charge in [-0.3, -0.25) is 9.97 Å². The highest BCUT2D eigenvalue weighted by molar-refractivity contribution is 5.91. The van der Waals surface area contributed by atoms with Gasteiger partial charge in [-0.05, 0) is 58.4 Å². The number of aromatic nitrogens is 2. The number of benzene rings is 2. The first-order valence-electron chi connectivity index (χ1n) is 11.7. The Kier molecular flexibility index (Phi) is 5.28. The van der Waals surface area contributed by atoms with Crippen LogP contribution in [0.2, 0.25) is 0 Å². The fourth-order valence-electron chi connectivity index (χ4n) is 4.56. The van der Waals surface area contributed by atoms with Crippen LogP contribution in [0.3, 0.4) is 0 Å². The molecule has 0 saturated carbocycles. The molecule has 3 heteroatoms. The lowest BCUT2D eigenvalue weighted by Gasteiger charge is -2.22. The van der Waals surface area contributed by atoms with E-state index in [1.54, 1.807) is 0 Å². The second kappa shape index (κ2) is 8.15. The van der Waals surface area contributed by atoms with E-state index in [0.29, 0.717) is 5.92 Å². The monoisotopic (exact) mass is 434 g/mol. The smallest absolute Gasteiger partial charge is 0.137 e. The van der Waals surface area contributed by atoms with Gasteiger partial charge in [0.2, 0.25) is 0 Å². The minimum Gasteiger partial charge on any atom is -0.464 e. The SMILES string of the molecule is CC(C)Cc1coc2cc(-c3ccnc(-c4cc(C(C)(C)C)c5ccccc5c4)c3)ncc12. The highest BCUT2D eigenvalue weighted by atomic mass is 16.3. The summed E-state index contributed by atoms with van der Waals surface area (Å²) >= 11 is 0. The molecule has 3 heterocycles. The number of furan rings is 1. The number of hydrogen-bond donors (Lipinski definition) is 0. The van der Waals surface area contributed by atoms with Gasteiger partial charge < -0.3 is 4.42 Å². The van der Waals surface area contributed by atoms with Crippen LogP contribution in [0.4, 0.5) is 0 Å². The maximum Gasteiger partial charge on any atom is 0.137 e. The van der Waals surface area contributed by atoms with Crippen molar-refractivity contribution in [1.82, 2.24) is 9.97 Å². The zero-order valence-corrected chi connectivity index (χ0v) is 20.0. The van der Waals surface area contributed by atoms with Crippen LogP contribution < -0.4 is 0 Å². The van der Waals surface area contributed by atoms with E-state index in [0.717, 1.165) is 39.9 Å². The van der Waals surface area contributed by atoms with Gasteiger partial charge in [0, 0.05) is 40.5 Å². The van der Waals surface area contributed by atoms with Crippen LogP contribution in [0.5, 0.6) is 0 Å². The maximum absolute atomic E-state index is 5.87. The molecule has 5 rings (SSSR count). The lowest BCUT2D eigenvalue weighted by atomic mass is 9.82. The number of fused-ring (bicyclic) bond motifs is 2. The summed E-state index contributed by atoms with van der Waals surface area (Å²) < 4.78 is 5.87. The molecule has 3 nitrogen and oxygen atoms in total. The molecule has 0 saturated heterocycles. The van der Waals surface area contributed by atoms with Crippen LogP contribution in [0.25, 0.3) is 44.3 Å². The maximum atomic E-state index is 5.87. The Morgan fingerprint density at radius 2 is 1.64 bits per heavy atom. The largest absolute Gasteiger partial charge is 0.464 e. The molecule has 0 bridgehead atoms. The highest BCUT2D eigenvalue weighted by Gasteiger charge is 2.19. The van der Waals surface area contributed by atoms with E-state index in [1.807, 2.05) is 30.8 Å². The standard InChI is InChI=1S/C30H30N2O/c1-19(2)12-23-18-33-29-16-28(32-17-25(23)29)21-10-11-31-27(15-21)22-13-20-8-6-7-9-24(20)26(14-22)30(3,4)5/h6-11,13-19H,12H2,1-5H3. The normalized spacial score (nSPS) is 12.2. The lowest BCUT2D eigenvalue weighted by molar-refractivity contribution is 0.594. The summed E-state index contributed by atoms with van der Waals surface area (Å²) in [7, 11) is 0. The van der Waals surface area contributed by atoms with Crippen LogP contribution in [-0.2, 0) is 11.8 Å². The molecular weight excluding hydrogens is 404 g/mol. The van der Waals surface area contributed by atoms with Crippen molar-refractivity contribution in [1.29, 1.82) is 0 Å². The molecule has 0 aliphatic rings. The van der Waals surface area contributed by atoms with Crippen molar-refractivity contribution in [3.8, 4) is 22.5 Å². The Balaban J connectivity index is 1.58. The quantitative estimate of drug-likeness (QED) is 0.286. The van der Waals surface area contributed by atoms with Crippen molar-refractivity contribution in [2.45, 2.75) is 46.5 Å². The molecule has 0 amide bonds. The van der Waals surface area contributed by atoms with Gasteiger partial charge >= 0.3 is 0 Å². The van der Waals surface area contributed by atoms with Crippen molar-refractivity contribution in [3.63, 3.8) is 0 Å². The van der Waals surface area contributed by atoms with Crippen LogP contribution in [-0.4, -0.2) is 9.97 Å². The number of hydrogen-bond acceptors (Lipinski definition) is 3. The zero-order valence-electron chi connectivity index (χ0n) is 20.0. The van der Waals surface area contributed by atoms with Gasteiger partial charge in [-0.1, -0.05) is 58.9 Å². The van der Waals surface area contributed by atoms with Crippen molar-refractivity contribution in [3.05, 3.63) is 84.4 Å². The predicted octanol–water partition coefficient (Wildman–Crippen LogP) is 8.21. The molecule has 3 aromatic heterocycles. The minimum atomic E-state index is 0.0345. The van der Waals surface area contributed by atoms with Crippen molar-refractivity contribution in [2.24, 2.45) is 5.92 Å². The molecule has 2 aromatic carbocycles. The molecule has 0 aliphatic carbocycles. The fraction of sp³-hybridized carbons (Fsp3) is 0.267. The second-order valence-corrected chi connectivity index (χ2v) is 10.3. The summed E-state index contributed by atoms with van der Waals surface area (Å²) in [6.45, 7) is 11.2. The van der Waals surface area contributed by atoms with Crippen molar-refractivity contribution < 1.29 is 4.42 Å². The van der Waals surface area contributed by atoms with Gasteiger partial charge in [-0.25, -0.2) is 0 Å². The Morgan fingerprint density at radius 1 is 0.848 bits per heavy atom. The summed E-state index contributed by atoms with van der Waals surface area (Å²) in [5.74, 6) is 0.577. The summed E-state index contributed by atoms with van der Waals surface area (Å²) in [5, 5.41) is 3.64. The molecule has 0 spiro atoms. The molecule has 5 aromatic rings. The molecular formula is C30H30N2O. The average molecular weight is 435 g/mol. The van der Waals surface area contributed by atoms with Crippen molar-refractivity contribution >= 4 is 21.7 Å². The van der Waals surface area contributed by atoms with E-state index in [2.05, 4.69) is 77.1 Å². The summed E-state index contributed by atoms with van der Waals surface area (Å²) in [5.41, 5.74) is 7.48. The Morgan fingerprint density at radius 3 is 2.42 bits per heavy atom. The van der Waals surface area contributed by atoms with E-state index in [-0.39, 0.29) is 5.41 Å². The first kappa shape index (κ1) is 21.4. The minimum absolute atomic E-state index is 0.0345. The molecule has 0 unspecified atom stereocenters. The van der Waals surface area contributed by atoms with Gasteiger partial charge in [0.1, 0.15) is 5.58 Å². The van der Waals surface area contributed by atoms with E-state index < -0.39 is 0 Å². The van der Waals surface area contributed by atoms with Crippen molar-refractivity contribution in [2.75, 3.05) is 0 Å². The van der Waals surface area contributed by atoms with Gasteiger partial charge in [-0.15, -0.1) is 0 Å². The van der Waals surface area contributed by atoms with Gasteiger partial charge in [0.05, 0.1) is 17.7 Å². The van der Waals surface area contributed by atoms with Gasteiger partial charge in [0.15, 0.2) is 0 Å². The molecule has 33 heavy (non-hydrogen) atoms. The topological polar surface area (TPSA) is 38.9 Å². The predicted molar refractivity (Wildman–Crippen MR) is 137 cm³/mol. The van der Waals surface area contributed by atoms with E-state index in [4.69, 9.17) is 14.4 Å². The number of nitrogens with zero attached hydrogens (tertiary/aromatic N) is 2. The molecule has 0 N–H and O–H groups in total. The van der Waals surface area contributed by atoms with Crippen LogP contribution in [0.1, 0.15) is 45.7 Å². The zero-order chi connectivity index (χ0) is 23.2. The fourth-order valence-corrected chi connectivity index (χ4v) is 4.56. The summed E-state index contributed by atoms with van der Waals surface area (Å²) in [6.07, 6.45) is 6.68. The second-order valence-electron chi connectivity index (χ2n) is 10.3. The first-order valence-corrected chi connectivity index (χ1v) is 11.7. The lowest BCUT2D eigenvalue weighted by Crippen LogP contribution is -2.12. The Hall–Kier alpha value is -3.46. The van der Waals surface area contributed by atoms with Gasteiger partial charge in [-0.2, -0.15) is 0 Å². The molecule has 166 valence electrons. The van der Waals surface area contributed by atoms with E-state index in [1.165, 1.54) is 21.9 Å². The Labute approximate surface area is 195 Å². The van der Waals surface area contributed by atoms with E-state index in [9.17, 15) is 0 Å². The Bertz CT molecular complexity index is 1450. The van der Waals surface area contributed by atoms with E-state index >= 15 is 0 Å². The van der Waals surface area contributed by atoms with Crippen LogP contribution >= 0.6 is 0 Å². The number of pyridine rings is 2. The third-order valence-electron chi connectivity index (χ3n) is 6.19.